The minimum absolute atomic E-state index is 0.212. The maximum absolute atomic E-state index is 11.3. The van der Waals surface area contributed by atoms with Gasteiger partial charge in [0.2, 0.25) is 0 Å². The molecule has 1 heterocycles. The van der Waals surface area contributed by atoms with E-state index >= 15 is 0 Å². The van der Waals surface area contributed by atoms with Gasteiger partial charge in [-0.3, -0.25) is 4.79 Å². The lowest BCUT2D eigenvalue weighted by Gasteiger charge is -2.04. The minimum atomic E-state index is -0.252. The van der Waals surface area contributed by atoms with Crippen LogP contribution < -0.4 is 10.3 Å². The van der Waals surface area contributed by atoms with Crippen molar-refractivity contribution in [1.82, 2.24) is 4.98 Å². The molecule has 0 aliphatic heterocycles. The van der Waals surface area contributed by atoms with Crippen molar-refractivity contribution in [3.05, 3.63) is 63.0 Å². The Bertz CT molecular complexity index is 560. The van der Waals surface area contributed by atoms with Crippen LogP contribution in [-0.2, 0) is 6.42 Å². The van der Waals surface area contributed by atoms with Crippen molar-refractivity contribution in [2.24, 2.45) is 0 Å². The van der Waals surface area contributed by atoms with E-state index in [-0.39, 0.29) is 10.6 Å². The first-order valence-electron chi connectivity index (χ1n) is 5.19. The molecule has 0 unspecified atom stereocenters. The topological polar surface area (TPSA) is 42.1 Å². The Kier molecular flexibility index (Phi) is 3.49. The van der Waals surface area contributed by atoms with Crippen molar-refractivity contribution in [1.29, 1.82) is 0 Å². The van der Waals surface area contributed by atoms with Crippen molar-refractivity contribution in [2.75, 3.05) is 7.11 Å². The molecule has 2 rings (SSSR count). The average molecular weight is 250 g/mol. The maximum atomic E-state index is 11.3. The highest BCUT2D eigenvalue weighted by atomic mass is 35.5. The van der Waals surface area contributed by atoms with Gasteiger partial charge < -0.3 is 9.72 Å². The molecule has 0 aliphatic carbocycles. The molecule has 1 N–H and O–H groups in total. The summed E-state index contributed by atoms with van der Waals surface area (Å²) in [5.74, 6) is 0.818. The molecule has 0 saturated heterocycles. The highest BCUT2D eigenvalue weighted by molar-refractivity contribution is 6.30. The van der Waals surface area contributed by atoms with Gasteiger partial charge in [-0.25, -0.2) is 0 Å². The second kappa shape index (κ2) is 5.06. The molecule has 0 atom stereocenters. The van der Waals surface area contributed by atoms with Gasteiger partial charge in [-0.15, -0.1) is 0 Å². The lowest BCUT2D eigenvalue weighted by molar-refractivity contribution is 0.414. The predicted molar refractivity (Wildman–Crippen MR) is 67.9 cm³/mol. The number of rotatable bonds is 3. The Morgan fingerprint density at radius 2 is 1.88 bits per heavy atom. The fourth-order valence-corrected chi connectivity index (χ4v) is 1.67. The van der Waals surface area contributed by atoms with Gasteiger partial charge in [0.25, 0.3) is 5.56 Å². The van der Waals surface area contributed by atoms with Crippen LogP contribution in [0.4, 0.5) is 0 Å². The highest BCUT2D eigenvalue weighted by Crippen LogP contribution is 2.13. The first kappa shape index (κ1) is 11.7. The van der Waals surface area contributed by atoms with Gasteiger partial charge in [-0.2, -0.15) is 0 Å². The number of methoxy groups -OCH3 is 1. The molecule has 4 heteroatoms. The van der Waals surface area contributed by atoms with Gasteiger partial charge in [0.05, 0.1) is 7.11 Å². The Morgan fingerprint density at radius 3 is 2.47 bits per heavy atom. The van der Waals surface area contributed by atoms with E-state index in [1.165, 1.54) is 0 Å². The summed E-state index contributed by atoms with van der Waals surface area (Å²) >= 11 is 5.66. The van der Waals surface area contributed by atoms with E-state index in [1.54, 1.807) is 13.2 Å². The number of aromatic nitrogens is 1. The molecule has 1 aromatic heterocycles. The van der Waals surface area contributed by atoms with Gasteiger partial charge in [0, 0.05) is 12.1 Å². The third kappa shape index (κ3) is 2.88. The molecule has 2 aromatic rings. The molecule has 0 aliphatic rings. The fraction of sp³-hybridized carbons (Fsp3) is 0.154. The number of aromatic amines is 1. The van der Waals surface area contributed by atoms with Crippen molar-refractivity contribution >= 4 is 11.6 Å². The molecule has 3 nitrogen and oxygen atoms in total. The van der Waals surface area contributed by atoms with E-state index in [0.29, 0.717) is 6.42 Å². The Hall–Kier alpha value is -1.74. The van der Waals surface area contributed by atoms with E-state index in [9.17, 15) is 4.79 Å². The van der Waals surface area contributed by atoms with E-state index < -0.39 is 0 Å². The average Bonchev–Trinajstić information content (AvgIpc) is 2.35. The molecular weight excluding hydrogens is 238 g/mol. The van der Waals surface area contributed by atoms with Crippen LogP contribution in [0, 0.1) is 0 Å². The number of hydrogen-bond donors (Lipinski definition) is 1. The number of ether oxygens (including phenoxy) is 1. The van der Waals surface area contributed by atoms with E-state index in [2.05, 4.69) is 4.98 Å². The zero-order valence-corrected chi connectivity index (χ0v) is 10.1. The molecule has 1 aromatic carbocycles. The zero-order chi connectivity index (χ0) is 12.3. The normalized spacial score (nSPS) is 10.2. The third-order valence-corrected chi connectivity index (χ3v) is 2.77. The van der Waals surface area contributed by atoms with Gasteiger partial charge >= 0.3 is 0 Å². The second-order valence-electron chi connectivity index (χ2n) is 3.69. The van der Waals surface area contributed by atoms with Gasteiger partial charge in [0.15, 0.2) is 0 Å². The zero-order valence-electron chi connectivity index (χ0n) is 9.37. The van der Waals surface area contributed by atoms with Crippen LogP contribution in [0.5, 0.6) is 5.75 Å². The van der Waals surface area contributed by atoms with Crippen LogP contribution in [0.3, 0.4) is 0 Å². The van der Waals surface area contributed by atoms with Crippen LogP contribution in [0.15, 0.2) is 41.2 Å². The SMILES string of the molecule is COc1ccc(Cc2ccc(Cl)c(=O)[nH]2)cc1. The van der Waals surface area contributed by atoms with Gasteiger partial charge in [-0.05, 0) is 29.8 Å². The molecule has 0 saturated carbocycles. The summed E-state index contributed by atoms with van der Waals surface area (Å²) < 4.78 is 5.08. The largest absolute Gasteiger partial charge is 0.497 e. The van der Waals surface area contributed by atoms with Crippen LogP contribution in [0.1, 0.15) is 11.3 Å². The Balaban J connectivity index is 2.19. The molecule has 0 amide bonds. The van der Waals surface area contributed by atoms with E-state index in [1.807, 2.05) is 30.3 Å². The van der Waals surface area contributed by atoms with Crippen LogP contribution in [-0.4, -0.2) is 12.1 Å². The van der Waals surface area contributed by atoms with E-state index in [4.69, 9.17) is 16.3 Å². The van der Waals surface area contributed by atoms with Crippen molar-refractivity contribution in [2.45, 2.75) is 6.42 Å². The molecule has 17 heavy (non-hydrogen) atoms. The molecule has 0 radical (unpaired) electrons. The molecule has 0 fully saturated rings. The van der Waals surface area contributed by atoms with Crippen LogP contribution in [0.2, 0.25) is 5.02 Å². The summed E-state index contributed by atoms with van der Waals surface area (Å²) in [6.45, 7) is 0. The summed E-state index contributed by atoms with van der Waals surface area (Å²) in [6, 6.07) is 11.1. The monoisotopic (exact) mass is 249 g/mol. The molecular formula is C13H12ClNO2. The lowest BCUT2D eigenvalue weighted by atomic mass is 10.1. The third-order valence-electron chi connectivity index (χ3n) is 2.48. The standard InChI is InChI=1S/C13H12ClNO2/c1-17-11-5-2-9(3-6-11)8-10-4-7-12(14)13(16)15-10/h2-7H,8H2,1H3,(H,15,16). The number of nitrogens with one attached hydrogen (secondary N) is 1. The Labute approximate surface area is 104 Å². The van der Waals surface area contributed by atoms with Crippen LogP contribution >= 0.6 is 11.6 Å². The van der Waals surface area contributed by atoms with Crippen LogP contribution in [0.25, 0.3) is 0 Å². The number of hydrogen-bond acceptors (Lipinski definition) is 2. The summed E-state index contributed by atoms with van der Waals surface area (Å²) in [5, 5.41) is 0.212. The first-order chi connectivity index (χ1) is 8.19. The summed E-state index contributed by atoms with van der Waals surface area (Å²) in [7, 11) is 1.63. The van der Waals surface area contributed by atoms with Gasteiger partial charge in [0.1, 0.15) is 10.8 Å². The summed E-state index contributed by atoms with van der Waals surface area (Å²) in [4.78, 5) is 14.1. The number of halogens is 1. The summed E-state index contributed by atoms with van der Waals surface area (Å²) in [6.07, 6.45) is 0.663. The highest BCUT2D eigenvalue weighted by Gasteiger charge is 2.00. The summed E-state index contributed by atoms with van der Waals surface area (Å²) in [5.41, 5.74) is 1.69. The molecule has 0 bridgehead atoms. The smallest absolute Gasteiger partial charge is 0.266 e. The maximum Gasteiger partial charge on any atom is 0.266 e. The van der Waals surface area contributed by atoms with Gasteiger partial charge in [-0.1, -0.05) is 23.7 Å². The fourth-order valence-electron chi connectivity index (χ4n) is 1.56. The second-order valence-corrected chi connectivity index (χ2v) is 4.09. The lowest BCUT2D eigenvalue weighted by Crippen LogP contribution is -2.08. The number of benzene rings is 1. The predicted octanol–water partition coefficient (Wildman–Crippen LogP) is 2.63. The first-order valence-corrected chi connectivity index (χ1v) is 5.57. The number of H-pyrrole nitrogens is 1. The van der Waals surface area contributed by atoms with Crippen molar-refractivity contribution in [3.8, 4) is 5.75 Å². The van der Waals surface area contributed by atoms with E-state index in [0.717, 1.165) is 17.0 Å². The molecule has 88 valence electrons. The Morgan fingerprint density at radius 1 is 1.18 bits per heavy atom. The quantitative estimate of drug-likeness (QED) is 0.909. The molecule has 0 spiro atoms. The van der Waals surface area contributed by atoms with Crippen molar-refractivity contribution in [3.63, 3.8) is 0 Å². The van der Waals surface area contributed by atoms with Crippen molar-refractivity contribution < 1.29 is 4.74 Å². The number of pyridine rings is 1. The minimum Gasteiger partial charge on any atom is -0.497 e.